The van der Waals surface area contributed by atoms with Crippen LogP contribution in [0.4, 0.5) is 0 Å². The fourth-order valence-electron chi connectivity index (χ4n) is 2.38. The largest absolute Gasteiger partial charge is 0.312 e. The smallest absolute Gasteiger partial charge is 0.0690 e. The van der Waals surface area contributed by atoms with Gasteiger partial charge in [-0.25, -0.2) is 4.68 Å². The summed E-state index contributed by atoms with van der Waals surface area (Å²) in [6.07, 6.45) is 6.57. The van der Waals surface area contributed by atoms with Gasteiger partial charge in [0.2, 0.25) is 0 Å². The van der Waals surface area contributed by atoms with E-state index in [9.17, 15) is 0 Å². The normalized spacial score (nSPS) is 10.9. The molecule has 0 radical (unpaired) electrons. The van der Waals surface area contributed by atoms with Gasteiger partial charge in [-0.05, 0) is 23.8 Å². The molecule has 0 amide bonds. The van der Waals surface area contributed by atoms with Crippen molar-refractivity contribution in [3.05, 3.63) is 66.2 Å². The Morgan fingerprint density at radius 2 is 1.95 bits per heavy atom. The van der Waals surface area contributed by atoms with Gasteiger partial charge < -0.3 is 5.32 Å². The van der Waals surface area contributed by atoms with Gasteiger partial charge in [0.05, 0.1) is 5.69 Å². The minimum atomic E-state index is 0.827. The van der Waals surface area contributed by atoms with E-state index in [-0.39, 0.29) is 0 Å². The van der Waals surface area contributed by atoms with Crippen molar-refractivity contribution in [2.45, 2.75) is 13.0 Å². The van der Waals surface area contributed by atoms with Crippen molar-refractivity contribution in [1.29, 1.82) is 0 Å². The molecule has 0 saturated heterocycles. The summed E-state index contributed by atoms with van der Waals surface area (Å²) in [5, 5.41) is 12.0. The molecule has 2 aromatic heterocycles. The molecule has 0 aliphatic rings. The molecule has 2 heterocycles. The van der Waals surface area contributed by atoms with Crippen molar-refractivity contribution in [1.82, 2.24) is 24.9 Å². The Balaban J connectivity index is 1.60. The molecule has 0 aliphatic heterocycles. The third-order valence-corrected chi connectivity index (χ3v) is 3.54. The Bertz CT molecular complexity index is 684. The van der Waals surface area contributed by atoms with Gasteiger partial charge in [-0.3, -0.25) is 4.68 Å². The van der Waals surface area contributed by atoms with E-state index in [0.717, 1.165) is 25.2 Å². The summed E-state index contributed by atoms with van der Waals surface area (Å²) < 4.78 is 3.82. The van der Waals surface area contributed by atoms with Gasteiger partial charge >= 0.3 is 0 Å². The van der Waals surface area contributed by atoms with Crippen LogP contribution >= 0.6 is 0 Å². The lowest BCUT2D eigenvalue weighted by Crippen LogP contribution is -2.19. The Kier molecular flexibility index (Phi) is 4.12. The van der Waals surface area contributed by atoms with Crippen LogP contribution in [0.15, 0.2) is 55.0 Å². The van der Waals surface area contributed by atoms with E-state index in [0.29, 0.717) is 0 Å². The van der Waals surface area contributed by atoms with Crippen LogP contribution in [-0.2, 0) is 20.0 Å². The lowest BCUT2D eigenvalue weighted by molar-refractivity contribution is 0.640. The minimum absolute atomic E-state index is 0.827. The molecule has 0 atom stereocenters. The zero-order chi connectivity index (χ0) is 14.5. The molecule has 5 nitrogen and oxygen atoms in total. The van der Waals surface area contributed by atoms with E-state index in [1.54, 1.807) is 6.20 Å². The van der Waals surface area contributed by atoms with E-state index in [2.05, 4.69) is 39.8 Å². The number of para-hydroxylation sites is 1. The highest BCUT2D eigenvalue weighted by Crippen LogP contribution is 2.13. The van der Waals surface area contributed by atoms with Crippen LogP contribution in [0.2, 0.25) is 0 Å². The molecular weight excluding hydrogens is 262 g/mol. The molecule has 0 aliphatic carbocycles. The maximum atomic E-state index is 4.30. The van der Waals surface area contributed by atoms with Crippen molar-refractivity contribution in [2.24, 2.45) is 7.05 Å². The van der Waals surface area contributed by atoms with Crippen molar-refractivity contribution in [3.63, 3.8) is 0 Å². The maximum absolute atomic E-state index is 4.30. The Morgan fingerprint density at radius 1 is 1.05 bits per heavy atom. The lowest BCUT2D eigenvalue weighted by Gasteiger charge is -2.10. The quantitative estimate of drug-likeness (QED) is 0.702. The van der Waals surface area contributed by atoms with Gasteiger partial charge in [0.25, 0.3) is 0 Å². The second-order valence-electron chi connectivity index (χ2n) is 4.95. The second kappa shape index (κ2) is 6.37. The SMILES string of the molecule is Cn1nccc1CCNCc1ccccc1-n1cccn1. The first-order valence-corrected chi connectivity index (χ1v) is 7.10. The average Bonchev–Trinajstić information content (AvgIpc) is 3.16. The first-order valence-electron chi connectivity index (χ1n) is 7.10. The average molecular weight is 281 g/mol. The molecule has 3 aromatic rings. The summed E-state index contributed by atoms with van der Waals surface area (Å²) in [5.41, 5.74) is 3.60. The van der Waals surface area contributed by atoms with Crippen LogP contribution in [0.25, 0.3) is 5.69 Å². The molecular formula is C16H19N5. The summed E-state index contributed by atoms with van der Waals surface area (Å²) in [6, 6.07) is 12.3. The lowest BCUT2D eigenvalue weighted by atomic mass is 10.1. The number of aromatic nitrogens is 4. The summed E-state index contributed by atoms with van der Waals surface area (Å²) in [5.74, 6) is 0. The molecule has 5 heteroatoms. The van der Waals surface area contributed by atoms with Crippen molar-refractivity contribution >= 4 is 0 Å². The van der Waals surface area contributed by atoms with Crippen LogP contribution in [-0.4, -0.2) is 26.1 Å². The first-order chi connectivity index (χ1) is 10.3. The van der Waals surface area contributed by atoms with E-state index >= 15 is 0 Å². The highest BCUT2D eigenvalue weighted by molar-refractivity contribution is 5.40. The molecule has 1 aromatic carbocycles. The summed E-state index contributed by atoms with van der Waals surface area (Å²) >= 11 is 0. The molecule has 0 fully saturated rings. The molecule has 0 saturated carbocycles. The van der Waals surface area contributed by atoms with Gasteiger partial charge in [0.1, 0.15) is 0 Å². The van der Waals surface area contributed by atoms with Crippen molar-refractivity contribution in [3.8, 4) is 5.69 Å². The van der Waals surface area contributed by atoms with Gasteiger partial charge in [-0.2, -0.15) is 10.2 Å². The number of nitrogens with one attached hydrogen (secondary N) is 1. The third kappa shape index (κ3) is 3.20. The monoisotopic (exact) mass is 281 g/mol. The molecule has 21 heavy (non-hydrogen) atoms. The number of rotatable bonds is 6. The maximum Gasteiger partial charge on any atom is 0.0690 e. The van der Waals surface area contributed by atoms with Crippen LogP contribution in [0.1, 0.15) is 11.3 Å². The van der Waals surface area contributed by atoms with Gasteiger partial charge in [-0.15, -0.1) is 0 Å². The predicted octanol–water partition coefficient (Wildman–Crippen LogP) is 1.94. The van der Waals surface area contributed by atoms with Gasteiger partial charge in [-0.1, -0.05) is 18.2 Å². The molecule has 1 N–H and O–H groups in total. The topological polar surface area (TPSA) is 47.7 Å². The molecule has 0 spiro atoms. The first kappa shape index (κ1) is 13.6. The van der Waals surface area contributed by atoms with Crippen LogP contribution < -0.4 is 5.32 Å². The van der Waals surface area contributed by atoms with Gasteiger partial charge in [0, 0.05) is 50.8 Å². The third-order valence-electron chi connectivity index (χ3n) is 3.54. The van der Waals surface area contributed by atoms with Crippen LogP contribution in [0.3, 0.4) is 0 Å². The van der Waals surface area contributed by atoms with E-state index < -0.39 is 0 Å². The molecule has 0 bridgehead atoms. The highest BCUT2D eigenvalue weighted by atomic mass is 15.3. The number of hydrogen-bond acceptors (Lipinski definition) is 3. The summed E-state index contributed by atoms with van der Waals surface area (Å²) in [6.45, 7) is 1.75. The Hall–Kier alpha value is -2.40. The Morgan fingerprint density at radius 3 is 2.71 bits per heavy atom. The fourth-order valence-corrected chi connectivity index (χ4v) is 2.38. The molecule has 3 rings (SSSR count). The van der Waals surface area contributed by atoms with Crippen LogP contribution in [0.5, 0.6) is 0 Å². The number of aryl methyl sites for hydroxylation is 1. The standard InChI is InChI=1S/C16H19N5/c1-20-15(8-11-18-20)7-10-17-13-14-5-2-3-6-16(14)21-12-4-9-19-21/h2-6,8-9,11-12,17H,7,10,13H2,1H3. The summed E-state index contributed by atoms with van der Waals surface area (Å²) in [4.78, 5) is 0. The van der Waals surface area contributed by atoms with Crippen LogP contribution in [0, 0.1) is 0 Å². The van der Waals surface area contributed by atoms with E-state index in [1.165, 1.54) is 11.3 Å². The zero-order valence-corrected chi connectivity index (χ0v) is 12.1. The number of nitrogens with zero attached hydrogens (tertiary/aromatic N) is 4. The van der Waals surface area contributed by atoms with Crippen molar-refractivity contribution < 1.29 is 0 Å². The minimum Gasteiger partial charge on any atom is -0.312 e. The van der Waals surface area contributed by atoms with Gasteiger partial charge in [0.15, 0.2) is 0 Å². The zero-order valence-electron chi connectivity index (χ0n) is 12.1. The van der Waals surface area contributed by atoms with Crippen molar-refractivity contribution in [2.75, 3.05) is 6.54 Å². The molecule has 108 valence electrons. The number of benzene rings is 1. The number of hydrogen-bond donors (Lipinski definition) is 1. The summed E-state index contributed by atoms with van der Waals surface area (Å²) in [7, 11) is 1.97. The molecule has 0 unspecified atom stereocenters. The predicted molar refractivity (Wildman–Crippen MR) is 82.2 cm³/mol. The second-order valence-corrected chi connectivity index (χ2v) is 4.95. The fraction of sp³-hybridized carbons (Fsp3) is 0.250. The van der Waals surface area contributed by atoms with E-state index in [1.807, 2.05) is 40.9 Å². The highest BCUT2D eigenvalue weighted by Gasteiger charge is 2.04. The Labute approximate surface area is 124 Å². The van der Waals surface area contributed by atoms with E-state index in [4.69, 9.17) is 0 Å².